The summed E-state index contributed by atoms with van der Waals surface area (Å²) in [6, 6.07) is -1.14. The molecule has 1 spiro atoms. The number of ketones is 1. The second kappa shape index (κ2) is 7.90. The van der Waals surface area contributed by atoms with Crippen LogP contribution in [0.4, 0.5) is 0 Å². The first-order valence-electron chi connectivity index (χ1n) is 10.9. The highest BCUT2D eigenvalue weighted by Crippen LogP contribution is 2.57. The Bertz CT molecular complexity index is 837. The average Bonchev–Trinajstić information content (AvgIpc) is 3.11. The first-order valence-corrected chi connectivity index (χ1v) is 10.9. The van der Waals surface area contributed by atoms with E-state index in [-0.39, 0.29) is 49.6 Å². The van der Waals surface area contributed by atoms with Crippen LogP contribution in [-0.2, 0) is 23.9 Å². The molecular formula is C23H28N2O5. The van der Waals surface area contributed by atoms with Gasteiger partial charge in [-0.15, -0.1) is 6.42 Å². The van der Waals surface area contributed by atoms with E-state index in [0.717, 1.165) is 32.1 Å². The van der Waals surface area contributed by atoms with Crippen LogP contribution in [0.3, 0.4) is 0 Å². The van der Waals surface area contributed by atoms with E-state index < -0.39 is 29.4 Å². The van der Waals surface area contributed by atoms with Crippen molar-refractivity contribution in [2.24, 2.45) is 11.3 Å². The molecule has 7 nitrogen and oxygen atoms in total. The molecule has 4 aliphatic rings. The molecule has 4 atom stereocenters. The Kier molecular flexibility index (Phi) is 5.44. The molecule has 0 aromatic heterocycles. The van der Waals surface area contributed by atoms with Crippen LogP contribution in [0.5, 0.6) is 0 Å². The number of likely N-dealkylation sites (tertiary alicyclic amines) is 2. The Morgan fingerprint density at radius 1 is 1.23 bits per heavy atom. The Morgan fingerprint density at radius 3 is 2.63 bits per heavy atom. The van der Waals surface area contributed by atoms with Gasteiger partial charge in [0.05, 0.1) is 36.9 Å². The number of rotatable bonds is 5. The predicted octanol–water partition coefficient (Wildman–Crippen LogP) is 1.46. The van der Waals surface area contributed by atoms with Gasteiger partial charge in [-0.3, -0.25) is 19.2 Å². The zero-order valence-electron chi connectivity index (χ0n) is 17.3. The summed E-state index contributed by atoms with van der Waals surface area (Å²) in [5, 5.41) is 0. The number of esters is 1. The topological polar surface area (TPSA) is 84.0 Å². The maximum Gasteiger partial charge on any atom is 0.306 e. The van der Waals surface area contributed by atoms with Crippen LogP contribution in [0, 0.1) is 23.7 Å². The van der Waals surface area contributed by atoms with Gasteiger partial charge in [-0.05, 0) is 25.8 Å². The van der Waals surface area contributed by atoms with Crippen LogP contribution in [0.1, 0.15) is 51.9 Å². The van der Waals surface area contributed by atoms with Gasteiger partial charge in [0.15, 0.2) is 5.78 Å². The highest BCUT2D eigenvalue weighted by Gasteiger charge is 2.71. The number of ether oxygens (including phenoxy) is 1. The highest BCUT2D eigenvalue weighted by atomic mass is 16.5. The number of amides is 2. The quantitative estimate of drug-likeness (QED) is 0.504. The molecule has 2 aliphatic carbocycles. The van der Waals surface area contributed by atoms with Crippen LogP contribution in [-0.4, -0.2) is 64.6 Å². The summed E-state index contributed by atoms with van der Waals surface area (Å²) in [5.41, 5.74) is -0.927. The lowest BCUT2D eigenvalue weighted by Crippen LogP contribution is -2.51. The lowest BCUT2D eigenvalue weighted by Gasteiger charge is -2.43. The van der Waals surface area contributed by atoms with E-state index in [1.807, 2.05) is 4.90 Å². The number of carbonyl (C=O) groups excluding carboxylic acids is 4. The molecule has 2 saturated heterocycles. The predicted molar refractivity (Wildman–Crippen MR) is 108 cm³/mol. The third-order valence-electron chi connectivity index (χ3n) is 7.23. The maximum absolute atomic E-state index is 13.7. The van der Waals surface area contributed by atoms with Crippen molar-refractivity contribution in [2.75, 3.05) is 13.2 Å². The number of carbonyl (C=O) groups is 4. The van der Waals surface area contributed by atoms with Gasteiger partial charge < -0.3 is 14.5 Å². The van der Waals surface area contributed by atoms with Crippen molar-refractivity contribution in [1.82, 2.24) is 9.80 Å². The maximum atomic E-state index is 13.7. The van der Waals surface area contributed by atoms with Crippen molar-refractivity contribution >= 4 is 23.6 Å². The first kappa shape index (κ1) is 20.6. The van der Waals surface area contributed by atoms with Gasteiger partial charge in [0.1, 0.15) is 6.04 Å². The van der Waals surface area contributed by atoms with Crippen molar-refractivity contribution < 1.29 is 23.9 Å². The number of nitrogens with zero attached hydrogens (tertiary/aromatic N) is 2. The van der Waals surface area contributed by atoms with Gasteiger partial charge in [-0.2, -0.15) is 0 Å². The van der Waals surface area contributed by atoms with Gasteiger partial charge in [-0.1, -0.05) is 31.3 Å². The van der Waals surface area contributed by atoms with Crippen molar-refractivity contribution in [2.45, 2.75) is 70.0 Å². The van der Waals surface area contributed by atoms with E-state index in [4.69, 9.17) is 11.2 Å². The Morgan fingerprint density at radius 2 is 1.97 bits per heavy atom. The van der Waals surface area contributed by atoms with E-state index in [9.17, 15) is 19.2 Å². The fraction of sp³-hybridized carbons (Fsp3) is 0.652. The average molecular weight is 412 g/mol. The second-order valence-corrected chi connectivity index (χ2v) is 8.69. The molecule has 2 amide bonds. The van der Waals surface area contributed by atoms with Gasteiger partial charge in [-0.25, -0.2) is 0 Å². The second-order valence-electron chi connectivity index (χ2n) is 8.69. The molecule has 0 N–H and O–H groups in total. The third kappa shape index (κ3) is 2.96. The number of terminal acetylenes is 1. The molecule has 160 valence electrons. The summed E-state index contributed by atoms with van der Waals surface area (Å²) in [5.74, 6) is 0.765. The molecule has 1 saturated carbocycles. The molecule has 0 aromatic rings. The van der Waals surface area contributed by atoms with Crippen LogP contribution < -0.4 is 0 Å². The zero-order valence-corrected chi connectivity index (χ0v) is 17.3. The summed E-state index contributed by atoms with van der Waals surface area (Å²) in [6.07, 6.45) is 13.8. The van der Waals surface area contributed by atoms with Crippen molar-refractivity contribution in [1.29, 1.82) is 0 Å². The van der Waals surface area contributed by atoms with Gasteiger partial charge in [0.25, 0.3) is 0 Å². The van der Waals surface area contributed by atoms with Gasteiger partial charge >= 0.3 is 5.97 Å². The molecule has 2 heterocycles. The van der Waals surface area contributed by atoms with Crippen molar-refractivity contribution in [3.63, 3.8) is 0 Å². The van der Waals surface area contributed by atoms with Gasteiger partial charge in [0.2, 0.25) is 11.8 Å². The molecule has 30 heavy (non-hydrogen) atoms. The van der Waals surface area contributed by atoms with E-state index in [0.29, 0.717) is 0 Å². The monoisotopic (exact) mass is 412 g/mol. The molecule has 0 radical (unpaired) electrons. The Balaban J connectivity index is 1.81. The van der Waals surface area contributed by atoms with E-state index in [1.54, 1.807) is 13.0 Å². The molecule has 4 rings (SSSR count). The smallest absolute Gasteiger partial charge is 0.306 e. The summed E-state index contributed by atoms with van der Waals surface area (Å²) < 4.78 is 5.12. The van der Waals surface area contributed by atoms with Crippen LogP contribution in [0.15, 0.2) is 12.2 Å². The molecular weight excluding hydrogens is 384 g/mol. The van der Waals surface area contributed by atoms with Crippen molar-refractivity contribution in [3.05, 3.63) is 12.2 Å². The molecule has 2 aliphatic heterocycles. The number of hydrogen-bond acceptors (Lipinski definition) is 5. The summed E-state index contributed by atoms with van der Waals surface area (Å²) in [6.45, 7) is 1.93. The molecule has 0 unspecified atom stereocenters. The minimum atomic E-state index is -0.927. The molecule has 3 fully saturated rings. The molecule has 7 heteroatoms. The number of hydrogen-bond donors (Lipinski definition) is 0. The summed E-state index contributed by atoms with van der Waals surface area (Å²) in [4.78, 5) is 55.2. The molecule has 0 bridgehead atoms. The first-order chi connectivity index (χ1) is 14.5. The zero-order chi connectivity index (χ0) is 21.5. The minimum absolute atomic E-state index is 0.00330. The Hall–Kier alpha value is -2.62. The summed E-state index contributed by atoms with van der Waals surface area (Å²) in [7, 11) is 0. The lowest BCUT2D eigenvalue weighted by atomic mass is 9.65. The molecule has 0 aromatic carbocycles. The third-order valence-corrected chi connectivity index (χ3v) is 7.23. The minimum Gasteiger partial charge on any atom is -0.466 e. The fourth-order valence-corrected chi connectivity index (χ4v) is 6.10. The van der Waals surface area contributed by atoms with Crippen LogP contribution in [0.25, 0.3) is 0 Å². The standard InChI is InChI=1S/C23H28N2O5/c1-3-12-24-20-22(29)25(15-8-6-5-7-9-15)18-13-16(26)10-11-23(18,20)17(21(24)28)14-19(27)30-4-2/h1,10-11,15,17-18,20H,4-9,12-14H2,2H3/t17-,18-,20+,23-/m0/s1. The largest absolute Gasteiger partial charge is 0.466 e. The Labute approximate surface area is 176 Å². The van der Waals surface area contributed by atoms with E-state index in [1.165, 1.54) is 11.0 Å². The lowest BCUT2D eigenvalue weighted by molar-refractivity contribution is -0.149. The number of allylic oxidation sites excluding steroid dienone is 1. The fourth-order valence-electron chi connectivity index (χ4n) is 6.10. The SMILES string of the molecule is C#CCN1C(=O)[C@H](CC(=O)OCC)[C@@]23C=CC(=O)C[C@@H]2N(C2CCCCC2)C(=O)[C@@H]13. The van der Waals surface area contributed by atoms with Gasteiger partial charge in [0, 0.05) is 12.5 Å². The van der Waals surface area contributed by atoms with Crippen LogP contribution in [0.2, 0.25) is 0 Å². The highest BCUT2D eigenvalue weighted by molar-refractivity contribution is 6.02. The summed E-state index contributed by atoms with van der Waals surface area (Å²) >= 11 is 0. The van der Waals surface area contributed by atoms with E-state index in [2.05, 4.69) is 5.92 Å². The normalized spacial score (nSPS) is 33.5. The van der Waals surface area contributed by atoms with E-state index >= 15 is 0 Å². The van der Waals surface area contributed by atoms with Crippen molar-refractivity contribution in [3.8, 4) is 12.3 Å². The van der Waals surface area contributed by atoms with Crippen LogP contribution >= 0.6 is 0 Å².